The largest absolute Gasteiger partial charge is 0.322 e. The van der Waals surface area contributed by atoms with Crippen molar-refractivity contribution < 1.29 is 12.1 Å². The third-order valence-corrected chi connectivity index (χ3v) is 1.11. The molecule has 0 aliphatic rings. The fourth-order valence-electron chi connectivity index (χ4n) is 0.114. The Morgan fingerprint density at radius 1 is 1.86 bits per heavy atom. The van der Waals surface area contributed by atoms with E-state index in [1.165, 1.54) is 0 Å². The molecule has 0 aromatic rings. The number of hydrogen-bond donors (Lipinski definition) is 0. The van der Waals surface area contributed by atoms with E-state index >= 15 is 0 Å². The van der Waals surface area contributed by atoms with Crippen molar-refractivity contribution >= 4 is 23.2 Å². The maximum Gasteiger partial charge on any atom is 0.322 e. The number of hydrogen-bond acceptors (Lipinski definition) is 3. The Bertz CT molecular complexity index is 66.0. The molecule has 0 heterocycles. The van der Waals surface area contributed by atoms with Crippen molar-refractivity contribution in [2.45, 2.75) is 6.92 Å². The lowest BCUT2D eigenvalue weighted by Gasteiger charge is -1.89. The van der Waals surface area contributed by atoms with Crippen molar-refractivity contribution in [1.29, 1.82) is 0 Å². The van der Waals surface area contributed by atoms with Gasteiger partial charge in [0.05, 0.1) is 18.5 Å². The van der Waals surface area contributed by atoms with Crippen LogP contribution in [0.1, 0.15) is 6.92 Å². The highest BCUT2D eigenvalue weighted by molar-refractivity contribution is 7.75. The van der Waals surface area contributed by atoms with Crippen molar-refractivity contribution in [3.8, 4) is 0 Å². The van der Waals surface area contributed by atoms with Gasteiger partial charge in [0.15, 0.2) is 0 Å². The summed E-state index contributed by atoms with van der Waals surface area (Å²) in [4.78, 5) is 0. The molecule has 0 aliphatic heterocycles. The smallest absolute Gasteiger partial charge is 0.268 e. The summed E-state index contributed by atoms with van der Waals surface area (Å²) in [5.74, 6) is 0. The Morgan fingerprint density at radius 2 is 2.43 bits per heavy atom. The van der Waals surface area contributed by atoms with Crippen LogP contribution in [0.5, 0.6) is 0 Å². The van der Waals surface area contributed by atoms with Crippen LogP contribution in [0.15, 0.2) is 0 Å². The maximum atomic E-state index is 9.95. The normalized spacial score (nSPS) is 14.0. The third kappa shape index (κ3) is 4.21. The quantitative estimate of drug-likeness (QED) is 0.587. The molecule has 44 valence electrons. The van der Waals surface area contributed by atoms with Crippen LogP contribution in [-0.4, -0.2) is 10.8 Å². The lowest BCUT2D eigenvalue weighted by molar-refractivity contribution is 0.335. The van der Waals surface area contributed by atoms with Gasteiger partial charge >= 0.3 is 11.4 Å². The number of rotatable bonds is 3. The van der Waals surface area contributed by atoms with E-state index in [-0.39, 0.29) is 0 Å². The molecule has 0 fully saturated rings. The average molecular weight is 145 g/mol. The Labute approximate surface area is 49.6 Å². The minimum atomic E-state index is -1.76. The Balaban J connectivity index is 3.00. The highest BCUT2D eigenvalue weighted by Gasteiger charge is 1.92. The summed E-state index contributed by atoms with van der Waals surface area (Å²) < 4.78 is 18.0. The second-order valence-corrected chi connectivity index (χ2v) is 1.82. The van der Waals surface area contributed by atoms with E-state index in [1.807, 2.05) is 0 Å². The molecule has 1 atom stereocenters. The van der Waals surface area contributed by atoms with Crippen LogP contribution in [0.2, 0.25) is 0 Å². The first-order valence-electron chi connectivity index (χ1n) is 1.65. The molecular weight excluding hydrogens is 140 g/mol. The standard InChI is InChI=1S/C2H5ClO3S/c1-2-5-7(4)6-3/h2H2,1H3. The molecule has 0 saturated heterocycles. The van der Waals surface area contributed by atoms with Crippen molar-refractivity contribution in [2.24, 2.45) is 0 Å². The maximum absolute atomic E-state index is 9.95. The first-order chi connectivity index (χ1) is 3.31. The van der Waals surface area contributed by atoms with E-state index in [1.54, 1.807) is 6.92 Å². The first-order valence-corrected chi connectivity index (χ1v) is 2.96. The molecule has 0 N–H and O–H groups in total. The number of halogens is 1. The molecule has 0 radical (unpaired) electrons. The van der Waals surface area contributed by atoms with Gasteiger partial charge in [-0.05, 0) is 6.92 Å². The summed E-state index contributed by atoms with van der Waals surface area (Å²) in [6, 6.07) is 0. The van der Waals surface area contributed by atoms with Gasteiger partial charge in [0.2, 0.25) is 0 Å². The highest BCUT2D eigenvalue weighted by Crippen LogP contribution is 1.89. The molecule has 0 aliphatic carbocycles. The predicted octanol–water partition coefficient (Wildman–Crippen LogP) is 0.772. The van der Waals surface area contributed by atoms with Gasteiger partial charge in [-0.1, -0.05) is 0 Å². The van der Waals surface area contributed by atoms with Crippen molar-refractivity contribution in [3.63, 3.8) is 0 Å². The van der Waals surface area contributed by atoms with Gasteiger partial charge in [-0.3, -0.25) is 4.18 Å². The molecule has 0 spiro atoms. The van der Waals surface area contributed by atoms with E-state index in [9.17, 15) is 4.21 Å². The van der Waals surface area contributed by atoms with Gasteiger partial charge < -0.3 is 0 Å². The van der Waals surface area contributed by atoms with Gasteiger partial charge in [0, 0.05) is 0 Å². The molecule has 1 unspecified atom stereocenters. The van der Waals surface area contributed by atoms with E-state index in [2.05, 4.69) is 19.8 Å². The zero-order valence-electron chi connectivity index (χ0n) is 3.72. The lowest BCUT2D eigenvalue weighted by atomic mass is 10.9. The molecule has 0 rings (SSSR count). The second kappa shape index (κ2) is 4.52. The van der Waals surface area contributed by atoms with Gasteiger partial charge in [0.1, 0.15) is 0 Å². The van der Waals surface area contributed by atoms with E-state index in [4.69, 9.17) is 0 Å². The van der Waals surface area contributed by atoms with Crippen LogP contribution in [0.4, 0.5) is 0 Å². The van der Waals surface area contributed by atoms with Crippen LogP contribution in [0, 0.1) is 0 Å². The molecule has 0 amide bonds. The van der Waals surface area contributed by atoms with Gasteiger partial charge in [-0.25, -0.2) is 0 Å². The molecule has 5 heteroatoms. The van der Waals surface area contributed by atoms with Crippen LogP contribution in [-0.2, 0) is 19.3 Å². The summed E-state index contributed by atoms with van der Waals surface area (Å²) in [6.07, 6.45) is 0. The van der Waals surface area contributed by atoms with E-state index < -0.39 is 11.4 Å². The average Bonchev–Trinajstić information content (AvgIpc) is 1.68. The SMILES string of the molecule is CCOS(=O)OCl. The van der Waals surface area contributed by atoms with Gasteiger partial charge in [-0.15, -0.1) is 0 Å². The molecular formula is C2H5ClO3S. The van der Waals surface area contributed by atoms with Gasteiger partial charge in [0.25, 0.3) is 0 Å². The minimum Gasteiger partial charge on any atom is -0.268 e. The fourth-order valence-corrected chi connectivity index (χ4v) is 0.452. The molecule has 0 bridgehead atoms. The zero-order valence-corrected chi connectivity index (χ0v) is 5.29. The van der Waals surface area contributed by atoms with E-state index in [0.29, 0.717) is 6.61 Å². The lowest BCUT2D eigenvalue weighted by Crippen LogP contribution is -1.93. The summed E-state index contributed by atoms with van der Waals surface area (Å²) in [6.45, 7) is 2.02. The summed E-state index contributed by atoms with van der Waals surface area (Å²) in [7, 11) is 0. The molecule has 0 saturated carbocycles. The molecule has 3 nitrogen and oxygen atoms in total. The predicted molar refractivity (Wildman–Crippen MR) is 26.7 cm³/mol. The van der Waals surface area contributed by atoms with Crippen LogP contribution in [0.25, 0.3) is 0 Å². The second-order valence-electron chi connectivity index (χ2n) is 0.674. The molecule has 0 aromatic heterocycles. The summed E-state index contributed by atoms with van der Waals surface area (Å²) in [5, 5.41) is 0. The van der Waals surface area contributed by atoms with Crippen molar-refractivity contribution in [3.05, 3.63) is 0 Å². The Hall–Kier alpha value is 0.360. The zero-order chi connectivity index (χ0) is 5.70. The molecule has 7 heavy (non-hydrogen) atoms. The van der Waals surface area contributed by atoms with Crippen molar-refractivity contribution in [2.75, 3.05) is 6.61 Å². The monoisotopic (exact) mass is 144 g/mol. The van der Waals surface area contributed by atoms with Crippen LogP contribution < -0.4 is 0 Å². The van der Waals surface area contributed by atoms with Crippen LogP contribution >= 0.6 is 11.9 Å². The first kappa shape index (κ1) is 7.36. The minimum absolute atomic E-state index is 0.333. The Morgan fingerprint density at radius 3 is 2.57 bits per heavy atom. The van der Waals surface area contributed by atoms with Crippen LogP contribution in [0.3, 0.4) is 0 Å². The fraction of sp³-hybridized carbons (Fsp3) is 1.00. The van der Waals surface area contributed by atoms with Gasteiger partial charge in [-0.2, -0.15) is 7.94 Å². The summed E-state index contributed by atoms with van der Waals surface area (Å²) in [5.41, 5.74) is 0. The molecule has 0 aromatic carbocycles. The summed E-state index contributed by atoms with van der Waals surface area (Å²) >= 11 is 2.84. The topological polar surface area (TPSA) is 35.5 Å². The highest BCUT2D eigenvalue weighted by atomic mass is 35.5. The van der Waals surface area contributed by atoms with Crippen molar-refractivity contribution in [1.82, 2.24) is 0 Å². The Kier molecular flexibility index (Phi) is 4.75. The van der Waals surface area contributed by atoms with E-state index in [0.717, 1.165) is 0 Å². The third-order valence-electron chi connectivity index (χ3n) is 0.266.